The maximum atomic E-state index is 6.54. The Morgan fingerprint density at radius 3 is 2.50 bits per heavy atom. The monoisotopic (exact) mass is 300 g/mol. The van der Waals surface area contributed by atoms with E-state index in [0.717, 1.165) is 38.3 Å². The third-order valence-electron chi connectivity index (χ3n) is 5.08. The molecule has 0 aromatic heterocycles. The SMILES string of the molecule is CCN(CC)c1ccc2c(c1)OC(CC)(N1CCCC1)C=C2. The largest absolute Gasteiger partial charge is 0.468 e. The predicted octanol–water partition coefficient (Wildman–Crippen LogP) is 4.14. The van der Waals surface area contributed by atoms with Crippen molar-refractivity contribution in [3.8, 4) is 5.75 Å². The van der Waals surface area contributed by atoms with E-state index < -0.39 is 0 Å². The number of rotatable bonds is 5. The Hall–Kier alpha value is -1.48. The Morgan fingerprint density at radius 2 is 1.86 bits per heavy atom. The van der Waals surface area contributed by atoms with Crippen molar-refractivity contribution in [2.45, 2.75) is 45.8 Å². The molecule has 0 spiro atoms. The average molecular weight is 300 g/mol. The van der Waals surface area contributed by atoms with E-state index in [1.807, 2.05) is 0 Å². The van der Waals surface area contributed by atoms with E-state index in [0.29, 0.717) is 0 Å². The lowest BCUT2D eigenvalue weighted by atomic mass is 10.0. The molecule has 0 saturated carbocycles. The number of nitrogens with zero attached hydrogens (tertiary/aromatic N) is 2. The number of likely N-dealkylation sites (tertiary alicyclic amines) is 1. The molecule has 0 radical (unpaired) electrons. The Bertz CT molecular complexity index is 544. The molecule has 2 aliphatic rings. The lowest BCUT2D eigenvalue weighted by Crippen LogP contribution is -2.50. The molecule has 0 bridgehead atoms. The molecule has 0 aliphatic carbocycles. The molecule has 0 N–H and O–H groups in total. The Labute approximate surface area is 134 Å². The van der Waals surface area contributed by atoms with Crippen molar-refractivity contribution in [3.05, 3.63) is 29.8 Å². The van der Waals surface area contributed by atoms with E-state index >= 15 is 0 Å². The molecule has 1 fully saturated rings. The maximum absolute atomic E-state index is 6.54. The Balaban J connectivity index is 1.91. The van der Waals surface area contributed by atoms with E-state index in [4.69, 9.17) is 4.74 Å². The van der Waals surface area contributed by atoms with Crippen molar-refractivity contribution in [2.24, 2.45) is 0 Å². The van der Waals surface area contributed by atoms with Crippen molar-refractivity contribution in [1.29, 1.82) is 0 Å². The number of hydrogen-bond acceptors (Lipinski definition) is 3. The molecule has 3 heteroatoms. The van der Waals surface area contributed by atoms with Crippen LogP contribution in [-0.2, 0) is 0 Å². The van der Waals surface area contributed by atoms with Gasteiger partial charge in [0.15, 0.2) is 5.72 Å². The van der Waals surface area contributed by atoms with Gasteiger partial charge in [0.1, 0.15) is 5.75 Å². The van der Waals surface area contributed by atoms with Crippen LogP contribution in [0.25, 0.3) is 6.08 Å². The van der Waals surface area contributed by atoms with E-state index in [9.17, 15) is 0 Å². The van der Waals surface area contributed by atoms with Crippen LogP contribution in [0.3, 0.4) is 0 Å². The van der Waals surface area contributed by atoms with Crippen molar-refractivity contribution >= 4 is 11.8 Å². The summed E-state index contributed by atoms with van der Waals surface area (Å²) in [6, 6.07) is 6.60. The minimum atomic E-state index is -0.245. The molecule has 1 unspecified atom stereocenters. The Morgan fingerprint density at radius 1 is 1.14 bits per heavy atom. The first kappa shape index (κ1) is 15.4. The summed E-state index contributed by atoms with van der Waals surface area (Å²) in [4.78, 5) is 4.86. The van der Waals surface area contributed by atoms with Gasteiger partial charge >= 0.3 is 0 Å². The van der Waals surface area contributed by atoms with Gasteiger partial charge in [-0.1, -0.05) is 6.92 Å². The second-order valence-corrected chi connectivity index (χ2v) is 6.22. The summed E-state index contributed by atoms with van der Waals surface area (Å²) in [6.45, 7) is 11.0. The summed E-state index contributed by atoms with van der Waals surface area (Å²) >= 11 is 0. The molecular formula is C19H28N2O. The summed E-state index contributed by atoms with van der Waals surface area (Å²) in [7, 11) is 0. The molecule has 3 rings (SSSR count). The molecule has 22 heavy (non-hydrogen) atoms. The zero-order chi connectivity index (χ0) is 15.6. The van der Waals surface area contributed by atoms with Gasteiger partial charge in [0, 0.05) is 49.9 Å². The summed E-state index contributed by atoms with van der Waals surface area (Å²) in [5, 5.41) is 0. The average Bonchev–Trinajstić information content (AvgIpc) is 3.10. The van der Waals surface area contributed by atoms with Crippen LogP contribution in [0.4, 0.5) is 5.69 Å². The smallest absolute Gasteiger partial charge is 0.182 e. The number of anilines is 1. The molecule has 1 atom stereocenters. The van der Waals surface area contributed by atoms with E-state index in [2.05, 4.69) is 60.9 Å². The molecule has 2 aliphatic heterocycles. The van der Waals surface area contributed by atoms with Crippen LogP contribution in [0, 0.1) is 0 Å². The second kappa shape index (κ2) is 6.33. The molecule has 1 saturated heterocycles. The van der Waals surface area contributed by atoms with Gasteiger partial charge in [-0.25, -0.2) is 0 Å². The van der Waals surface area contributed by atoms with E-state index in [1.54, 1.807) is 0 Å². The van der Waals surface area contributed by atoms with Gasteiger partial charge in [0.25, 0.3) is 0 Å². The first-order valence-corrected chi connectivity index (χ1v) is 8.74. The highest BCUT2D eigenvalue weighted by atomic mass is 16.5. The third-order valence-corrected chi connectivity index (χ3v) is 5.08. The van der Waals surface area contributed by atoms with Crippen LogP contribution in [0.1, 0.15) is 45.6 Å². The summed E-state index contributed by atoms with van der Waals surface area (Å²) in [5.74, 6) is 1.03. The quantitative estimate of drug-likeness (QED) is 0.813. The summed E-state index contributed by atoms with van der Waals surface area (Å²) in [6.07, 6.45) is 8.05. The van der Waals surface area contributed by atoms with Gasteiger partial charge in [-0.05, 0) is 51.0 Å². The van der Waals surface area contributed by atoms with Crippen LogP contribution in [0.2, 0.25) is 0 Å². The van der Waals surface area contributed by atoms with Crippen molar-refractivity contribution in [3.63, 3.8) is 0 Å². The molecule has 2 heterocycles. The summed E-state index contributed by atoms with van der Waals surface area (Å²) in [5.41, 5.74) is 2.20. The zero-order valence-corrected chi connectivity index (χ0v) is 14.1. The van der Waals surface area contributed by atoms with Crippen LogP contribution in [0.15, 0.2) is 24.3 Å². The van der Waals surface area contributed by atoms with E-state index in [-0.39, 0.29) is 5.72 Å². The van der Waals surface area contributed by atoms with Crippen LogP contribution in [-0.4, -0.2) is 36.8 Å². The zero-order valence-electron chi connectivity index (χ0n) is 14.1. The fourth-order valence-corrected chi connectivity index (χ4v) is 3.66. The summed E-state index contributed by atoms with van der Waals surface area (Å²) < 4.78 is 6.54. The normalized spacial score (nSPS) is 24.1. The molecular weight excluding hydrogens is 272 g/mol. The predicted molar refractivity (Wildman–Crippen MR) is 93.5 cm³/mol. The van der Waals surface area contributed by atoms with Crippen LogP contribution in [0.5, 0.6) is 5.75 Å². The van der Waals surface area contributed by atoms with Gasteiger partial charge < -0.3 is 9.64 Å². The lowest BCUT2D eigenvalue weighted by Gasteiger charge is -2.41. The highest BCUT2D eigenvalue weighted by molar-refractivity contribution is 5.66. The van der Waals surface area contributed by atoms with Gasteiger partial charge in [0.05, 0.1) is 0 Å². The van der Waals surface area contributed by atoms with E-state index in [1.165, 1.54) is 24.1 Å². The molecule has 3 nitrogen and oxygen atoms in total. The Kier molecular flexibility index (Phi) is 4.44. The molecule has 1 aromatic rings. The van der Waals surface area contributed by atoms with Gasteiger partial charge in [-0.15, -0.1) is 0 Å². The van der Waals surface area contributed by atoms with Gasteiger partial charge in [-0.3, -0.25) is 4.90 Å². The topological polar surface area (TPSA) is 15.7 Å². The second-order valence-electron chi connectivity index (χ2n) is 6.22. The standard InChI is InChI=1S/C19H28N2O/c1-4-19(21-13-7-8-14-21)12-11-16-9-10-17(15-18(16)22-19)20(5-2)6-3/h9-12,15H,4-8,13-14H2,1-3H3. The van der Waals surface area contributed by atoms with Crippen molar-refractivity contribution in [2.75, 3.05) is 31.1 Å². The lowest BCUT2D eigenvalue weighted by molar-refractivity contribution is -0.0356. The third kappa shape index (κ3) is 2.63. The number of benzene rings is 1. The van der Waals surface area contributed by atoms with Crippen molar-refractivity contribution in [1.82, 2.24) is 4.90 Å². The van der Waals surface area contributed by atoms with Crippen LogP contribution < -0.4 is 9.64 Å². The van der Waals surface area contributed by atoms with Crippen molar-refractivity contribution < 1.29 is 4.74 Å². The van der Waals surface area contributed by atoms with Gasteiger partial charge in [0.2, 0.25) is 0 Å². The highest BCUT2D eigenvalue weighted by Crippen LogP contribution is 2.38. The minimum Gasteiger partial charge on any atom is -0.468 e. The maximum Gasteiger partial charge on any atom is 0.182 e. The fourth-order valence-electron chi connectivity index (χ4n) is 3.66. The first-order chi connectivity index (χ1) is 10.7. The first-order valence-electron chi connectivity index (χ1n) is 8.74. The van der Waals surface area contributed by atoms with Gasteiger partial charge in [-0.2, -0.15) is 0 Å². The van der Waals surface area contributed by atoms with Crippen LogP contribution >= 0.6 is 0 Å². The molecule has 1 aromatic carbocycles. The molecule has 0 amide bonds. The number of ether oxygens (including phenoxy) is 1. The molecule has 120 valence electrons. The minimum absolute atomic E-state index is 0.245. The fraction of sp³-hybridized carbons (Fsp3) is 0.579. The number of fused-ring (bicyclic) bond motifs is 1. The number of hydrogen-bond donors (Lipinski definition) is 0. The highest BCUT2D eigenvalue weighted by Gasteiger charge is 2.38.